The van der Waals surface area contributed by atoms with E-state index in [4.69, 9.17) is 20.9 Å². The van der Waals surface area contributed by atoms with Gasteiger partial charge in [0.05, 0.1) is 4.88 Å². The highest BCUT2D eigenvalue weighted by molar-refractivity contribution is 7.13. The Labute approximate surface area is 160 Å². The summed E-state index contributed by atoms with van der Waals surface area (Å²) in [7, 11) is 0. The fourth-order valence-electron chi connectivity index (χ4n) is 2.31. The van der Waals surface area contributed by atoms with Crippen molar-refractivity contribution in [2.45, 2.75) is 20.4 Å². The summed E-state index contributed by atoms with van der Waals surface area (Å²) in [5.41, 5.74) is 0.899. The molecule has 0 aliphatic heterocycles. The van der Waals surface area contributed by atoms with Crippen LogP contribution < -0.4 is 4.74 Å². The van der Waals surface area contributed by atoms with Gasteiger partial charge in [-0.25, -0.2) is 0 Å². The SMILES string of the molecule is CCN(Cc1nc(-c2cccs2)no1)C(=O)COc1ccc(Cl)c(C)c1. The van der Waals surface area contributed by atoms with Gasteiger partial charge in [-0.05, 0) is 49.1 Å². The second-order valence-corrected chi connectivity index (χ2v) is 6.95. The van der Waals surface area contributed by atoms with Crippen molar-refractivity contribution in [3.8, 4) is 16.5 Å². The molecule has 3 aromatic rings. The minimum absolute atomic E-state index is 0.0686. The first-order valence-electron chi connectivity index (χ1n) is 8.10. The zero-order valence-corrected chi connectivity index (χ0v) is 16.0. The highest BCUT2D eigenvalue weighted by Gasteiger charge is 2.17. The van der Waals surface area contributed by atoms with Crippen molar-refractivity contribution in [3.63, 3.8) is 0 Å². The van der Waals surface area contributed by atoms with E-state index in [2.05, 4.69) is 10.1 Å². The van der Waals surface area contributed by atoms with E-state index >= 15 is 0 Å². The zero-order valence-electron chi connectivity index (χ0n) is 14.4. The number of rotatable bonds is 7. The van der Waals surface area contributed by atoms with E-state index in [9.17, 15) is 4.79 Å². The van der Waals surface area contributed by atoms with Crippen LogP contribution in [0, 0.1) is 6.92 Å². The third-order valence-electron chi connectivity index (χ3n) is 3.76. The number of hydrogen-bond donors (Lipinski definition) is 0. The predicted molar refractivity (Wildman–Crippen MR) is 100 cm³/mol. The molecule has 0 saturated carbocycles. The molecule has 2 heterocycles. The molecular formula is C18H18ClN3O3S. The van der Waals surface area contributed by atoms with Crippen LogP contribution in [0.5, 0.6) is 5.75 Å². The van der Waals surface area contributed by atoms with Crippen LogP contribution in [0.3, 0.4) is 0 Å². The number of hydrogen-bond acceptors (Lipinski definition) is 6. The van der Waals surface area contributed by atoms with Crippen LogP contribution >= 0.6 is 22.9 Å². The van der Waals surface area contributed by atoms with Crippen molar-refractivity contribution < 1.29 is 14.1 Å². The van der Waals surface area contributed by atoms with Crippen LogP contribution in [0.1, 0.15) is 18.4 Å². The average molecular weight is 392 g/mol. The van der Waals surface area contributed by atoms with Crippen molar-refractivity contribution >= 4 is 28.8 Å². The number of amides is 1. The van der Waals surface area contributed by atoms with Crippen molar-refractivity contribution in [1.29, 1.82) is 0 Å². The smallest absolute Gasteiger partial charge is 0.260 e. The van der Waals surface area contributed by atoms with Gasteiger partial charge in [-0.2, -0.15) is 4.98 Å². The third kappa shape index (κ3) is 4.42. The molecule has 0 atom stereocenters. The van der Waals surface area contributed by atoms with E-state index in [1.165, 1.54) is 11.3 Å². The average Bonchev–Trinajstić information content (AvgIpc) is 3.31. The normalized spacial score (nSPS) is 10.7. The topological polar surface area (TPSA) is 68.5 Å². The molecule has 1 aromatic carbocycles. The lowest BCUT2D eigenvalue weighted by Gasteiger charge is -2.19. The molecule has 0 radical (unpaired) electrons. The molecule has 8 heteroatoms. The van der Waals surface area contributed by atoms with Gasteiger partial charge in [-0.1, -0.05) is 22.8 Å². The highest BCUT2D eigenvalue weighted by Crippen LogP contribution is 2.22. The summed E-state index contributed by atoms with van der Waals surface area (Å²) in [5.74, 6) is 1.38. The fourth-order valence-corrected chi connectivity index (χ4v) is 3.07. The molecule has 6 nitrogen and oxygen atoms in total. The summed E-state index contributed by atoms with van der Waals surface area (Å²) in [6, 6.07) is 9.14. The molecule has 0 saturated heterocycles. The largest absolute Gasteiger partial charge is 0.484 e. The Morgan fingerprint density at radius 2 is 2.23 bits per heavy atom. The quantitative estimate of drug-likeness (QED) is 0.604. The Balaban J connectivity index is 1.59. The van der Waals surface area contributed by atoms with Crippen molar-refractivity contribution in [2.75, 3.05) is 13.2 Å². The Morgan fingerprint density at radius 1 is 1.38 bits per heavy atom. The Hall–Kier alpha value is -2.38. The third-order valence-corrected chi connectivity index (χ3v) is 5.05. The second-order valence-electron chi connectivity index (χ2n) is 5.60. The molecule has 0 aliphatic rings. The Morgan fingerprint density at radius 3 is 2.92 bits per heavy atom. The van der Waals surface area contributed by atoms with Gasteiger partial charge in [0, 0.05) is 11.6 Å². The van der Waals surface area contributed by atoms with E-state index in [1.54, 1.807) is 23.1 Å². The van der Waals surface area contributed by atoms with Gasteiger partial charge in [-0.3, -0.25) is 4.79 Å². The maximum Gasteiger partial charge on any atom is 0.260 e. The molecule has 3 rings (SSSR count). The number of carbonyl (C=O) groups excluding carboxylic acids is 1. The number of benzene rings is 1. The summed E-state index contributed by atoms with van der Waals surface area (Å²) in [4.78, 5) is 19.3. The van der Waals surface area contributed by atoms with Gasteiger partial charge in [0.2, 0.25) is 11.7 Å². The van der Waals surface area contributed by atoms with E-state index in [0.29, 0.717) is 29.0 Å². The van der Waals surface area contributed by atoms with Crippen molar-refractivity contribution in [3.05, 3.63) is 52.2 Å². The van der Waals surface area contributed by atoms with E-state index in [0.717, 1.165) is 10.4 Å². The summed E-state index contributed by atoms with van der Waals surface area (Å²) < 4.78 is 10.8. The zero-order chi connectivity index (χ0) is 18.5. The number of aryl methyl sites for hydroxylation is 1. The van der Waals surface area contributed by atoms with Gasteiger partial charge < -0.3 is 14.2 Å². The standard InChI is InChI=1S/C18H18ClN3O3S/c1-3-22(10-16-20-18(21-25-16)15-5-4-8-26-15)17(23)11-24-13-6-7-14(19)12(2)9-13/h4-9H,3,10-11H2,1-2H3. The molecule has 0 fully saturated rings. The molecule has 26 heavy (non-hydrogen) atoms. The molecule has 0 aliphatic carbocycles. The van der Waals surface area contributed by atoms with Crippen LogP contribution in [0.15, 0.2) is 40.2 Å². The van der Waals surface area contributed by atoms with Gasteiger partial charge in [0.15, 0.2) is 6.61 Å². The number of likely N-dealkylation sites (N-methyl/N-ethyl adjacent to an activating group) is 1. The Bertz CT molecular complexity index is 880. The van der Waals surface area contributed by atoms with E-state index in [1.807, 2.05) is 31.4 Å². The number of halogens is 1. The molecule has 136 valence electrons. The van der Waals surface area contributed by atoms with Crippen molar-refractivity contribution in [1.82, 2.24) is 15.0 Å². The molecule has 0 unspecified atom stereocenters. The van der Waals surface area contributed by atoms with E-state index in [-0.39, 0.29) is 19.1 Å². The number of aromatic nitrogens is 2. The monoisotopic (exact) mass is 391 g/mol. The molecule has 0 bridgehead atoms. The Kier molecular flexibility index (Phi) is 5.90. The molecule has 2 aromatic heterocycles. The van der Waals surface area contributed by atoms with Gasteiger partial charge in [0.25, 0.3) is 5.91 Å². The van der Waals surface area contributed by atoms with Crippen LogP contribution in [0.2, 0.25) is 5.02 Å². The predicted octanol–water partition coefficient (Wildman–Crippen LogP) is 4.19. The maximum atomic E-state index is 12.4. The highest BCUT2D eigenvalue weighted by atomic mass is 35.5. The van der Waals surface area contributed by atoms with Crippen molar-refractivity contribution in [2.24, 2.45) is 0 Å². The number of nitrogens with zero attached hydrogens (tertiary/aromatic N) is 3. The molecular weight excluding hydrogens is 374 g/mol. The molecule has 0 spiro atoms. The van der Waals surface area contributed by atoms with Crippen LogP contribution in [-0.4, -0.2) is 34.1 Å². The number of carbonyl (C=O) groups is 1. The van der Waals surface area contributed by atoms with Gasteiger partial charge in [-0.15, -0.1) is 11.3 Å². The van der Waals surface area contributed by atoms with Gasteiger partial charge in [0.1, 0.15) is 12.3 Å². The fraction of sp³-hybridized carbons (Fsp3) is 0.278. The minimum Gasteiger partial charge on any atom is -0.484 e. The minimum atomic E-state index is -0.157. The first kappa shape index (κ1) is 18.4. The first-order chi connectivity index (χ1) is 12.6. The van der Waals surface area contributed by atoms with E-state index < -0.39 is 0 Å². The summed E-state index contributed by atoms with van der Waals surface area (Å²) >= 11 is 7.53. The number of thiophene rings is 1. The van der Waals surface area contributed by atoms with Crippen LogP contribution in [0.25, 0.3) is 10.7 Å². The maximum absolute atomic E-state index is 12.4. The van der Waals surface area contributed by atoms with Crippen LogP contribution in [0.4, 0.5) is 0 Å². The van der Waals surface area contributed by atoms with Crippen LogP contribution in [-0.2, 0) is 11.3 Å². The lowest BCUT2D eigenvalue weighted by molar-refractivity contribution is -0.134. The van der Waals surface area contributed by atoms with Gasteiger partial charge >= 0.3 is 0 Å². The molecule has 1 amide bonds. The summed E-state index contributed by atoms with van der Waals surface area (Å²) in [6.07, 6.45) is 0. The summed E-state index contributed by atoms with van der Waals surface area (Å²) in [6.45, 7) is 4.47. The number of ether oxygens (including phenoxy) is 1. The molecule has 0 N–H and O–H groups in total. The summed E-state index contributed by atoms with van der Waals surface area (Å²) in [5, 5.41) is 6.57. The first-order valence-corrected chi connectivity index (χ1v) is 9.35. The lowest BCUT2D eigenvalue weighted by atomic mass is 10.2. The lowest BCUT2D eigenvalue weighted by Crippen LogP contribution is -2.34. The second kappa shape index (κ2) is 8.33.